The number of rotatable bonds is 4. The Labute approximate surface area is 121 Å². The molecule has 5 nitrogen and oxygen atoms in total. The first-order chi connectivity index (χ1) is 8.95. The van der Waals surface area contributed by atoms with Gasteiger partial charge >= 0.3 is 0 Å². The van der Waals surface area contributed by atoms with Crippen molar-refractivity contribution in [2.75, 3.05) is 19.7 Å². The lowest BCUT2D eigenvalue weighted by molar-refractivity contribution is 0.329. The molecule has 0 bridgehead atoms. The quantitative estimate of drug-likeness (QED) is 0.896. The topological polar surface area (TPSA) is 72.6 Å². The lowest BCUT2D eigenvalue weighted by Crippen LogP contribution is -2.32. The lowest BCUT2D eigenvalue weighted by atomic mass is 10.3. The van der Waals surface area contributed by atoms with Crippen molar-refractivity contribution >= 4 is 26.0 Å². The van der Waals surface area contributed by atoms with Crippen LogP contribution < -0.4 is 10.5 Å². The molecule has 1 aromatic rings. The molecule has 0 saturated carbocycles. The van der Waals surface area contributed by atoms with Crippen molar-refractivity contribution in [1.82, 2.24) is 4.31 Å². The van der Waals surface area contributed by atoms with Crippen LogP contribution in [0.2, 0.25) is 0 Å². The van der Waals surface area contributed by atoms with Crippen LogP contribution in [0.15, 0.2) is 27.6 Å². The van der Waals surface area contributed by atoms with Crippen molar-refractivity contribution in [2.45, 2.75) is 24.3 Å². The van der Waals surface area contributed by atoms with Crippen molar-refractivity contribution in [3.05, 3.63) is 22.7 Å². The zero-order chi connectivity index (χ0) is 14.0. The summed E-state index contributed by atoms with van der Waals surface area (Å²) in [5.74, 6) is 0.381. The SMILES string of the molecule is CCOc1ccc(Br)cc1S(=O)(=O)N1CC[C@H](N)C1. The summed E-state index contributed by atoms with van der Waals surface area (Å²) < 4.78 is 32.7. The fraction of sp³-hybridized carbons (Fsp3) is 0.500. The number of nitrogens with two attached hydrogens (primary N) is 1. The molecule has 0 aliphatic carbocycles. The molecule has 1 aromatic carbocycles. The van der Waals surface area contributed by atoms with Gasteiger partial charge in [0.1, 0.15) is 10.6 Å². The van der Waals surface area contributed by atoms with E-state index in [9.17, 15) is 8.42 Å². The van der Waals surface area contributed by atoms with Gasteiger partial charge in [0.2, 0.25) is 10.0 Å². The van der Waals surface area contributed by atoms with E-state index >= 15 is 0 Å². The van der Waals surface area contributed by atoms with Gasteiger partial charge in [-0.3, -0.25) is 0 Å². The maximum atomic E-state index is 12.6. The predicted octanol–water partition coefficient (Wildman–Crippen LogP) is 1.57. The number of hydrogen-bond donors (Lipinski definition) is 1. The molecule has 1 aliphatic rings. The normalized spacial score (nSPS) is 20.7. The fourth-order valence-corrected chi connectivity index (χ4v) is 4.25. The Bertz CT molecular complexity index is 562. The molecule has 19 heavy (non-hydrogen) atoms. The number of ether oxygens (including phenoxy) is 1. The third-order valence-electron chi connectivity index (χ3n) is 3.01. The van der Waals surface area contributed by atoms with Crippen molar-refractivity contribution in [2.24, 2.45) is 5.73 Å². The molecule has 0 amide bonds. The second-order valence-electron chi connectivity index (χ2n) is 4.44. The van der Waals surface area contributed by atoms with Gasteiger partial charge in [-0.15, -0.1) is 0 Å². The van der Waals surface area contributed by atoms with E-state index in [1.807, 2.05) is 6.92 Å². The van der Waals surface area contributed by atoms with Crippen LogP contribution in [0.3, 0.4) is 0 Å². The summed E-state index contributed by atoms with van der Waals surface area (Å²) in [4.78, 5) is 0.192. The number of benzene rings is 1. The summed E-state index contributed by atoms with van der Waals surface area (Å²) in [6, 6.07) is 4.91. The van der Waals surface area contributed by atoms with Gasteiger partial charge in [0.25, 0.3) is 0 Å². The second kappa shape index (κ2) is 5.78. The van der Waals surface area contributed by atoms with Gasteiger partial charge in [-0.2, -0.15) is 4.31 Å². The number of sulfonamides is 1. The Kier molecular flexibility index (Phi) is 4.50. The van der Waals surface area contributed by atoms with Crippen LogP contribution in [0.4, 0.5) is 0 Å². The summed E-state index contributed by atoms with van der Waals surface area (Å²) in [6.45, 7) is 3.07. The van der Waals surface area contributed by atoms with Crippen LogP contribution in [0.5, 0.6) is 5.75 Å². The predicted molar refractivity (Wildman–Crippen MR) is 76.7 cm³/mol. The Morgan fingerprint density at radius 2 is 2.26 bits per heavy atom. The van der Waals surface area contributed by atoms with Gasteiger partial charge in [0, 0.05) is 23.6 Å². The van der Waals surface area contributed by atoms with Crippen LogP contribution in [0.25, 0.3) is 0 Å². The van der Waals surface area contributed by atoms with E-state index in [1.54, 1.807) is 18.2 Å². The molecule has 2 N–H and O–H groups in total. The van der Waals surface area contributed by atoms with Crippen LogP contribution in [-0.2, 0) is 10.0 Å². The van der Waals surface area contributed by atoms with E-state index in [-0.39, 0.29) is 10.9 Å². The molecular weight excluding hydrogens is 332 g/mol. The summed E-state index contributed by atoms with van der Waals surface area (Å²) in [7, 11) is -3.55. The Hall–Kier alpha value is -0.630. The smallest absolute Gasteiger partial charge is 0.246 e. The Morgan fingerprint density at radius 1 is 1.53 bits per heavy atom. The van der Waals surface area contributed by atoms with E-state index in [0.717, 1.165) is 0 Å². The zero-order valence-corrected chi connectivity index (χ0v) is 13.1. The number of halogens is 1. The van der Waals surface area contributed by atoms with Crippen molar-refractivity contribution in [3.8, 4) is 5.75 Å². The minimum absolute atomic E-state index is 0.0857. The van der Waals surface area contributed by atoms with Gasteiger partial charge in [0.15, 0.2) is 0 Å². The highest BCUT2D eigenvalue weighted by Gasteiger charge is 2.33. The maximum Gasteiger partial charge on any atom is 0.246 e. The molecule has 0 unspecified atom stereocenters. The van der Waals surface area contributed by atoms with E-state index < -0.39 is 10.0 Å². The first-order valence-electron chi connectivity index (χ1n) is 6.13. The highest BCUT2D eigenvalue weighted by molar-refractivity contribution is 9.10. The summed E-state index contributed by atoms with van der Waals surface area (Å²) in [5, 5.41) is 0. The molecule has 1 saturated heterocycles. The third-order valence-corrected chi connectivity index (χ3v) is 5.39. The minimum Gasteiger partial charge on any atom is -0.492 e. The molecular formula is C12H17BrN2O3S. The summed E-state index contributed by atoms with van der Waals surface area (Å²) in [6.07, 6.45) is 0.692. The Morgan fingerprint density at radius 3 is 2.84 bits per heavy atom. The zero-order valence-electron chi connectivity index (χ0n) is 10.7. The van der Waals surface area contributed by atoms with Gasteiger partial charge in [-0.05, 0) is 31.5 Å². The van der Waals surface area contributed by atoms with Crippen LogP contribution >= 0.6 is 15.9 Å². The highest BCUT2D eigenvalue weighted by atomic mass is 79.9. The van der Waals surface area contributed by atoms with Gasteiger partial charge in [-0.25, -0.2) is 8.42 Å². The molecule has 1 atom stereocenters. The first kappa shape index (κ1) is 14.8. The standard InChI is InChI=1S/C12H17BrN2O3S/c1-2-18-11-4-3-9(13)7-12(11)19(16,17)15-6-5-10(14)8-15/h3-4,7,10H,2,5-6,8,14H2,1H3/t10-/m0/s1. The maximum absolute atomic E-state index is 12.6. The molecule has 2 rings (SSSR count). The van der Waals surface area contributed by atoms with E-state index in [0.29, 0.717) is 36.3 Å². The van der Waals surface area contributed by atoms with Crippen molar-refractivity contribution < 1.29 is 13.2 Å². The van der Waals surface area contributed by atoms with E-state index in [2.05, 4.69) is 15.9 Å². The van der Waals surface area contributed by atoms with Gasteiger partial charge < -0.3 is 10.5 Å². The van der Waals surface area contributed by atoms with Gasteiger partial charge in [-0.1, -0.05) is 15.9 Å². The second-order valence-corrected chi connectivity index (χ2v) is 7.26. The molecule has 0 spiro atoms. The first-order valence-corrected chi connectivity index (χ1v) is 8.36. The molecule has 7 heteroatoms. The molecule has 0 radical (unpaired) electrons. The van der Waals surface area contributed by atoms with Crippen LogP contribution in [0, 0.1) is 0 Å². The van der Waals surface area contributed by atoms with Crippen LogP contribution in [0.1, 0.15) is 13.3 Å². The third kappa shape index (κ3) is 3.10. The average Bonchev–Trinajstić information content (AvgIpc) is 2.79. The number of hydrogen-bond acceptors (Lipinski definition) is 4. The largest absolute Gasteiger partial charge is 0.492 e. The van der Waals surface area contributed by atoms with Crippen molar-refractivity contribution in [3.63, 3.8) is 0 Å². The molecule has 0 aromatic heterocycles. The fourth-order valence-electron chi connectivity index (χ4n) is 2.07. The Balaban J connectivity index is 2.41. The lowest BCUT2D eigenvalue weighted by Gasteiger charge is -2.18. The van der Waals surface area contributed by atoms with Gasteiger partial charge in [0.05, 0.1) is 6.61 Å². The summed E-state index contributed by atoms with van der Waals surface area (Å²) >= 11 is 3.30. The molecule has 1 heterocycles. The molecule has 1 aliphatic heterocycles. The van der Waals surface area contributed by atoms with Crippen molar-refractivity contribution in [1.29, 1.82) is 0 Å². The highest BCUT2D eigenvalue weighted by Crippen LogP contribution is 2.31. The average molecular weight is 349 g/mol. The number of nitrogens with zero attached hydrogens (tertiary/aromatic N) is 1. The van der Waals surface area contributed by atoms with Crippen LogP contribution in [-0.4, -0.2) is 38.5 Å². The monoisotopic (exact) mass is 348 g/mol. The van der Waals surface area contributed by atoms with E-state index in [1.165, 1.54) is 4.31 Å². The molecule has 1 fully saturated rings. The van der Waals surface area contributed by atoms with E-state index in [4.69, 9.17) is 10.5 Å². The summed E-state index contributed by atoms with van der Waals surface area (Å²) in [5.41, 5.74) is 5.78. The minimum atomic E-state index is -3.55. The molecule has 106 valence electrons.